The summed E-state index contributed by atoms with van der Waals surface area (Å²) in [4.78, 5) is 10.4. The number of ether oxygens (including phenoxy) is 1. The summed E-state index contributed by atoms with van der Waals surface area (Å²) in [6.07, 6.45) is 0. The molecule has 2 heteroatoms. The molecule has 1 aromatic rings. The Bertz CT molecular complexity index is 216. The summed E-state index contributed by atoms with van der Waals surface area (Å²) in [6, 6.07) is 8.98. The minimum Gasteiger partial charge on any atom is -0.427 e. The molecular formula is C8H8O2. The van der Waals surface area contributed by atoms with E-state index in [0.29, 0.717) is 5.75 Å². The van der Waals surface area contributed by atoms with Crippen molar-refractivity contribution < 1.29 is 9.53 Å². The van der Waals surface area contributed by atoms with E-state index in [1.54, 1.807) is 12.1 Å². The first kappa shape index (κ1) is 6.81. The number of hydrogen-bond acceptors (Lipinski definition) is 2. The average molecular weight is 136 g/mol. The Morgan fingerprint density at radius 1 is 1.30 bits per heavy atom. The number of para-hydroxylation sites is 1. The van der Waals surface area contributed by atoms with E-state index in [-0.39, 0.29) is 5.97 Å². The van der Waals surface area contributed by atoms with Crippen molar-refractivity contribution in [1.82, 2.24) is 0 Å². The van der Waals surface area contributed by atoms with Gasteiger partial charge in [0.25, 0.3) is 0 Å². The molecule has 0 aliphatic rings. The lowest BCUT2D eigenvalue weighted by Gasteiger charge is -1.97. The summed E-state index contributed by atoms with van der Waals surface area (Å²) < 4.78 is 4.78. The summed E-state index contributed by atoms with van der Waals surface area (Å²) in [5.74, 6) is 0.307. The van der Waals surface area contributed by atoms with Crippen molar-refractivity contribution in [2.75, 3.05) is 0 Å². The molecule has 1 aromatic carbocycles. The second-order valence-electron chi connectivity index (χ2n) is 1.91. The van der Waals surface area contributed by atoms with Gasteiger partial charge in [-0.05, 0) is 12.1 Å². The van der Waals surface area contributed by atoms with Gasteiger partial charge in [-0.1, -0.05) is 18.2 Å². The molecule has 0 amide bonds. The zero-order chi connectivity index (χ0) is 7.40. The first-order chi connectivity index (χ1) is 4.79. The second-order valence-corrected chi connectivity index (χ2v) is 1.91. The Balaban J connectivity index is 2.67. The van der Waals surface area contributed by atoms with Crippen LogP contribution in [0.25, 0.3) is 0 Å². The van der Waals surface area contributed by atoms with Crippen LogP contribution in [0.2, 0.25) is 0 Å². The minimum absolute atomic E-state index is 0.286. The second kappa shape index (κ2) is 3.01. The van der Waals surface area contributed by atoms with E-state index in [4.69, 9.17) is 4.74 Å². The molecule has 0 radical (unpaired) electrons. The van der Waals surface area contributed by atoms with E-state index in [0.717, 1.165) is 0 Å². The number of esters is 1. The van der Waals surface area contributed by atoms with E-state index in [1.165, 1.54) is 6.92 Å². The van der Waals surface area contributed by atoms with Gasteiger partial charge in [0.05, 0.1) is 0 Å². The fourth-order valence-electron chi connectivity index (χ4n) is 0.655. The summed E-state index contributed by atoms with van der Waals surface area (Å²) in [5, 5.41) is 0. The quantitative estimate of drug-likeness (QED) is 0.433. The molecule has 0 saturated heterocycles. The molecule has 0 saturated carbocycles. The Labute approximate surface area is 59.4 Å². The first-order valence-corrected chi connectivity index (χ1v) is 3.02. The molecule has 0 fully saturated rings. The largest absolute Gasteiger partial charge is 0.427 e. The highest BCUT2D eigenvalue weighted by atomic mass is 16.5. The van der Waals surface area contributed by atoms with Crippen molar-refractivity contribution in [3.8, 4) is 5.75 Å². The van der Waals surface area contributed by atoms with Crippen LogP contribution in [0.1, 0.15) is 6.92 Å². The van der Waals surface area contributed by atoms with Crippen molar-refractivity contribution in [3.05, 3.63) is 30.3 Å². The number of hydrogen-bond donors (Lipinski definition) is 0. The number of carbonyl (C=O) groups is 1. The summed E-state index contributed by atoms with van der Waals surface area (Å²) in [6.45, 7) is 1.38. The third-order valence-electron chi connectivity index (χ3n) is 1.00. The summed E-state index contributed by atoms with van der Waals surface area (Å²) in [7, 11) is 0. The molecule has 0 aliphatic heterocycles. The smallest absolute Gasteiger partial charge is 0.308 e. The Morgan fingerprint density at radius 2 is 1.90 bits per heavy atom. The monoisotopic (exact) mass is 136 g/mol. The predicted molar refractivity (Wildman–Crippen MR) is 37.8 cm³/mol. The molecule has 0 heterocycles. The molecule has 0 unspecified atom stereocenters. The summed E-state index contributed by atoms with van der Waals surface area (Å²) >= 11 is 0. The van der Waals surface area contributed by atoms with Gasteiger partial charge >= 0.3 is 5.97 Å². The SMILES string of the molecule is C[12C](=O)Oc1ccccc1. The maximum Gasteiger partial charge on any atom is 0.308 e. The van der Waals surface area contributed by atoms with E-state index in [1.807, 2.05) is 18.2 Å². The Hall–Kier alpha value is -1.31. The third kappa shape index (κ3) is 1.90. The van der Waals surface area contributed by atoms with Gasteiger partial charge in [-0.25, -0.2) is 0 Å². The van der Waals surface area contributed by atoms with Crippen molar-refractivity contribution in [1.29, 1.82) is 0 Å². The fourth-order valence-corrected chi connectivity index (χ4v) is 0.655. The van der Waals surface area contributed by atoms with Gasteiger partial charge in [-0.15, -0.1) is 0 Å². The zero-order valence-corrected chi connectivity index (χ0v) is 5.70. The highest BCUT2D eigenvalue weighted by molar-refractivity contribution is 5.69. The minimum atomic E-state index is -0.286. The van der Waals surface area contributed by atoms with Gasteiger partial charge in [0.15, 0.2) is 0 Å². The molecule has 0 spiro atoms. The normalized spacial score (nSPS) is 8.90. The lowest BCUT2D eigenvalue weighted by molar-refractivity contribution is -0.131. The Morgan fingerprint density at radius 3 is 2.40 bits per heavy atom. The van der Waals surface area contributed by atoms with Crippen LogP contribution in [0.3, 0.4) is 0 Å². The van der Waals surface area contributed by atoms with Crippen LogP contribution < -0.4 is 4.74 Å². The van der Waals surface area contributed by atoms with Crippen LogP contribution in [0.15, 0.2) is 30.3 Å². The maximum atomic E-state index is 10.4. The molecule has 0 atom stereocenters. The van der Waals surface area contributed by atoms with Crippen LogP contribution in [-0.4, -0.2) is 5.97 Å². The van der Waals surface area contributed by atoms with Crippen molar-refractivity contribution in [3.63, 3.8) is 0 Å². The van der Waals surface area contributed by atoms with Crippen molar-refractivity contribution in [2.24, 2.45) is 0 Å². The molecule has 2 nitrogen and oxygen atoms in total. The standard InChI is InChI=1S/C8H8O2/c1-7(9)10-8-5-3-2-4-6-8/h2-6H,1H3/i7+0. The lowest BCUT2D eigenvalue weighted by atomic mass is 10.3. The van der Waals surface area contributed by atoms with Crippen LogP contribution in [-0.2, 0) is 4.79 Å². The van der Waals surface area contributed by atoms with Crippen LogP contribution in [0.5, 0.6) is 5.75 Å². The molecule has 0 aliphatic carbocycles. The van der Waals surface area contributed by atoms with Crippen molar-refractivity contribution in [2.45, 2.75) is 6.92 Å². The Kier molecular flexibility index (Phi) is 2.05. The lowest BCUT2D eigenvalue weighted by Crippen LogP contribution is -2.00. The number of rotatable bonds is 1. The van der Waals surface area contributed by atoms with Gasteiger partial charge in [-0.3, -0.25) is 4.79 Å². The molecule has 0 bridgehead atoms. The maximum absolute atomic E-state index is 10.4. The average Bonchev–Trinajstić information content (AvgIpc) is 1.88. The van der Waals surface area contributed by atoms with Gasteiger partial charge in [0, 0.05) is 6.92 Å². The predicted octanol–water partition coefficient (Wildman–Crippen LogP) is 1.61. The molecule has 0 aromatic heterocycles. The van der Waals surface area contributed by atoms with E-state index < -0.39 is 0 Å². The molecule has 52 valence electrons. The van der Waals surface area contributed by atoms with Crippen LogP contribution >= 0.6 is 0 Å². The number of carbonyl (C=O) groups excluding carboxylic acids is 1. The molecule has 1 rings (SSSR count). The zero-order valence-electron chi connectivity index (χ0n) is 5.70. The van der Waals surface area contributed by atoms with Gasteiger partial charge in [-0.2, -0.15) is 0 Å². The van der Waals surface area contributed by atoms with Gasteiger partial charge < -0.3 is 4.74 Å². The van der Waals surface area contributed by atoms with E-state index in [9.17, 15) is 4.79 Å². The third-order valence-corrected chi connectivity index (χ3v) is 1.00. The van der Waals surface area contributed by atoms with Crippen LogP contribution in [0.4, 0.5) is 0 Å². The van der Waals surface area contributed by atoms with Crippen molar-refractivity contribution >= 4 is 5.97 Å². The molecule has 10 heavy (non-hydrogen) atoms. The topological polar surface area (TPSA) is 26.3 Å². The first-order valence-electron chi connectivity index (χ1n) is 3.02. The van der Waals surface area contributed by atoms with E-state index in [2.05, 4.69) is 0 Å². The fraction of sp³-hybridized carbons (Fsp3) is 0.125. The molecule has 0 N–H and O–H groups in total. The highest BCUT2D eigenvalue weighted by Crippen LogP contribution is 2.07. The van der Waals surface area contributed by atoms with E-state index >= 15 is 0 Å². The van der Waals surface area contributed by atoms with Crippen LogP contribution in [0, 0.1) is 0 Å². The summed E-state index contributed by atoms with van der Waals surface area (Å²) in [5.41, 5.74) is 0. The number of benzene rings is 1. The highest BCUT2D eigenvalue weighted by Gasteiger charge is 1.92. The van der Waals surface area contributed by atoms with Gasteiger partial charge in [0.1, 0.15) is 5.75 Å². The molecular weight excluding hydrogens is 128 g/mol. The van der Waals surface area contributed by atoms with Gasteiger partial charge in [0.2, 0.25) is 0 Å².